The fraction of sp³-hybridized carbons (Fsp3) is 0.130. The first-order chi connectivity index (χ1) is 11.7. The first-order valence-corrected chi connectivity index (χ1v) is 8.50. The third-order valence-corrected chi connectivity index (χ3v) is 4.62. The first kappa shape index (κ1) is 14.8. The molecule has 4 aromatic rings. The Morgan fingerprint density at radius 1 is 0.625 bits per heavy atom. The fourth-order valence-electron chi connectivity index (χ4n) is 3.39. The molecule has 0 aliphatic rings. The van der Waals surface area contributed by atoms with Gasteiger partial charge in [-0.25, -0.2) is 0 Å². The van der Waals surface area contributed by atoms with E-state index in [-0.39, 0.29) is 0 Å². The van der Waals surface area contributed by atoms with Gasteiger partial charge in [-0.1, -0.05) is 80.6 Å². The van der Waals surface area contributed by atoms with Crippen LogP contribution in [0.25, 0.3) is 21.5 Å². The van der Waals surface area contributed by atoms with Crippen molar-refractivity contribution in [2.75, 3.05) is 5.32 Å². The molecule has 1 nitrogen and oxygen atoms in total. The zero-order valence-electron chi connectivity index (χ0n) is 14.1. The summed E-state index contributed by atoms with van der Waals surface area (Å²) in [6.07, 6.45) is 0. The first-order valence-electron chi connectivity index (χ1n) is 8.50. The lowest BCUT2D eigenvalue weighted by Gasteiger charge is -2.18. The molecule has 0 saturated heterocycles. The van der Waals surface area contributed by atoms with Gasteiger partial charge in [0.15, 0.2) is 0 Å². The van der Waals surface area contributed by atoms with Gasteiger partial charge in [0.2, 0.25) is 0 Å². The Labute approximate surface area is 142 Å². The van der Waals surface area contributed by atoms with E-state index in [0.29, 0.717) is 5.92 Å². The fourth-order valence-corrected chi connectivity index (χ4v) is 3.39. The molecule has 0 spiro atoms. The summed E-state index contributed by atoms with van der Waals surface area (Å²) in [4.78, 5) is 0. The van der Waals surface area contributed by atoms with Crippen LogP contribution in [0.3, 0.4) is 0 Å². The smallest absolute Gasteiger partial charge is 0.0499 e. The topological polar surface area (TPSA) is 12.0 Å². The third kappa shape index (κ3) is 2.52. The van der Waals surface area contributed by atoms with E-state index in [1.165, 1.54) is 32.8 Å². The van der Waals surface area contributed by atoms with Crippen LogP contribution in [0, 0.1) is 0 Å². The number of fused-ring (bicyclic) bond motifs is 3. The van der Waals surface area contributed by atoms with Gasteiger partial charge in [0.25, 0.3) is 0 Å². The van der Waals surface area contributed by atoms with Gasteiger partial charge in [-0.2, -0.15) is 0 Å². The van der Waals surface area contributed by atoms with Gasteiger partial charge in [0.1, 0.15) is 0 Å². The molecule has 0 amide bonds. The predicted octanol–water partition coefficient (Wildman–Crippen LogP) is 6.86. The van der Waals surface area contributed by atoms with Gasteiger partial charge in [-0.05, 0) is 39.8 Å². The van der Waals surface area contributed by atoms with Crippen LogP contribution in [0.1, 0.15) is 25.3 Å². The number of anilines is 2. The molecular formula is C23H21N. The van der Waals surface area contributed by atoms with Crippen LogP contribution < -0.4 is 5.32 Å². The van der Waals surface area contributed by atoms with Crippen LogP contribution in [-0.4, -0.2) is 0 Å². The van der Waals surface area contributed by atoms with Crippen LogP contribution in [0.4, 0.5) is 11.4 Å². The number of benzene rings is 4. The molecule has 0 aliphatic heterocycles. The van der Waals surface area contributed by atoms with Crippen molar-refractivity contribution < 1.29 is 0 Å². The van der Waals surface area contributed by atoms with Crippen LogP contribution >= 0.6 is 0 Å². The van der Waals surface area contributed by atoms with Crippen molar-refractivity contribution >= 4 is 32.9 Å². The monoisotopic (exact) mass is 311 g/mol. The standard InChI is InChI=1S/C23H21N/c1-16(2)19-14-15-21-20-11-7-6-8-17(20)12-13-22(21)23(19)24-18-9-4-3-5-10-18/h3-16,24H,1-2H3. The van der Waals surface area contributed by atoms with E-state index in [4.69, 9.17) is 0 Å². The molecule has 4 aromatic carbocycles. The van der Waals surface area contributed by atoms with Crippen LogP contribution in [0.15, 0.2) is 78.9 Å². The second-order valence-electron chi connectivity index (χ2n) is 6.56. The number of hydrogen-bond donors (Lipinski definition) is 1. The summed E-state index contributed by atoms with van der Waals surface area (Å²) in [6, 6.07) is 28.0. The van der Waals surface area contributed by atoms with Crippen molar-refractivity contribution in [3.8, 4) is 0 Å². The Balaban J connectivity index is 2.00. The zero-order chi connectivity index (χ0) is 16.5. The molecule has 1 heteroatoms. The Morgan fingerprint density at radius 2 is 1.33 bits per heavy atom. The van der Waals surface area contributed by atoms with E-state index < -0.39 is 0 Å². The minimum Gasteiger partial charge on any atom is -0.355 e. The van der Waals surface area contributed by atoms with Gasteiger partial charge in [-0.15, -0.1) is 0 Å². The van der Waals surface area contributed by atoms with Gasteiger partial charge >= 0.3 is 0 Å². The molecule has 4 rings (SSSR count). The summed E-state index contributed by atoms with van der Waals surface area (Å²) < 4.78 is 0. The zero-order valence-corrected chi connectivity index (χ0v) is 14.1. The average molecular weight is 311 g/mol. The Hall–Kier alpha value is -2.80. The Morgan fingerprint density at radius 3 is 2.12 bits per heavy atom. The Kier molecular flexibility index (Phi) is 3.70. The maximum Gasteiger partial charge on any atom is 0.0499 e. The molecule has 24 heavy (non-hydrogen) atoms. The van der Waals surface area contributed by atoms with Crippen molar-refractivity contribution in [1.82, 2.24) is 0 Å². The Bertz CT molecular complexity index is 1000. The van der Waals surface area contributed by atoms with Crippen LogP contribution in [0.2, 0.25) is 0 Å². The summed E-state index contributed by atoms with van der Waals surface area (Å²) in [6.45, 7) is 4.50. The van der Waals surface area contributed by atoms with Crippen molar-refractivity contribution in [2.24, 2.45) is 0 Å². The molecule has 0 heterocycles. The quantitative estimate of drug-likeness (QED) is 0.407. The molecule has 118 valence electrons. The molecule has 1 N–H and O–H groups in total. The van der Waals surface area contributed by atoms with E-state index in [0.717, 1.165) is 5.69 Å². The van der Waals surface area contributed by atoms with Crippen molar-refractivity contribution in [1.29, 1.82) is 0 Å². The lowest BCUT2D eigenvalue weighted by atomic mass is 9.93. The predicted molar refractivity (Wildman–Crippen MR) is 105 cm³/mol. The van der Waals surface area contributed by atoms with E-state index >= 15 is 0 Å². The molecular weight excluding hydrogens is 290 g/mol. The minimum atomic E-state index is 0.465. The summed E-state index contributed by atoms with van der Waals surface area (Å²) >= 11 is 0. The molecule has 0 radical (unpaired) electrons. The molecule has 0 aliphatic carbocycles. The van der Waals surface area contributed by atoms with Gasteiger partial charge in [-0.3, -0.25) is 0 Å². The molecule has 0 unspecified atom stereocenters. The van der Waals surface area contributed by atoms with Gasteiger partial charge in [0, 0.05) is 16.8 Å². The summed E-state index contributed by atoms with van der Waals surface area (Å²) in [7, 11) is 0. The van der Waals surface area contributed by atoms with E-state index in [1.54, 1.807) is 0 Å². The number of nitrogens with one attached hydrogen (secondary N) is 1. The minimum absolute atomic E-state index is 0.465. The van der Waals surface area contributed by atoms with E-state index in [2.05, 4.69) is 92.0 Å². The van der Waals surface area contributed by atoms with E-state index in [9.17, 15) is 0 Å². The SMILES string of the molecule is CC(C)c1ccc2c(ccc3ccccc32)c1Nc1ccccc1. The van der Waals surface area contributed by atoms with Gasteiger partial charge < -0.3 is 5.32 Å². The maximum absolute atomic E-state index is 3.66. The van der Waals surface area contributed by atoms with Crippen molar-refractivity contribution in [3.05, 3.63) is 84.4 Å². The highest BCUT2D eigenvalue weighted by Gasteiger charge is 2.12. The second kappa shape index (κ2) is 6.01. The normalized spacial score (nSPS) is 11.3. The second-order valence-corrected chi connectivity index (χ2v) is 6.56. The molecule has 0 atom stereocenters. The largest absolute Gasteiger partial charge is 0.355 e. The molecule has 0 aromatic heterocycles. The number of para-hydroxylation sites is 1. The lowest BCUT2D eigenvalue weighted by Crippen LogP contribution is -1.99. The number of rotatable bonds is 3. The maximum atomic E-state index is 3.66. The molecule has 0 bridgehead atoms. The number of hydrogen-bond acceptors (Lipinski definition) is 1. The summed E-state index contributed by atoms with van der Waals surface area (Å²) in [5, 5.41) is 8.84. The average Bonchev–Trinajstić information content (AvgIpc) is 2.62. The van der Waals surface area contributed by atoms with E-state index in [1.807, 2.05) is 6.07 Å². The van der Waals surface area contributed by atoms with Crippen molar-refractivity contribution in [2.45, 2.75) is 19.8 Å². The highest BCUT2D eigenvalue weighted by molar-refractivity contribution is 6.12. The van der Waals surface area contributed by atoms with Crippen molar-refractivity contribution in [3.63, 3.8) is 0 Å². The highest BCUT2D eigenvalue weighted by atomic mass is 14.9. The lowest BCUT2D eigenvalue weighted by molar-refractivity contribution is 0.871. The molecule has 0 fully saturated rings. The summed E-state index contributed by atoms with van der Waals surface area (Å²) in [5.74, 6) is 0.465. The molecule has 0 saturated carbocycles. The van der Waals surface area contributed by atoms with Gasteiger partial charge in [0.05, 0.1) is 0 Å². The third-order valence-electron chi connectivity index (χ3n) is 4.62. The highest BCUT2D eigenvalue weighted by Crippen LogP contribution is 2.37. The van der Waals surface area contributed by atoms with Crippen LogP contribution in [0.5, 0.6) is 0 Å². The summed E-state index contributed by atoms with van der Waals surface area (Å²) in [5.41, 5.74) is 3.70. The van der Waals surface area contributed by atoms with Crippen LogP contribution in [-0.2, 0) is 0 Å².